The highest BCUT2D eigenvalue weighted by molar-refractivity contribution is 5.94. The molecule has 2 aromatic carbocycles. The Hall–Kier alpha value is -5.00. The first-order valence-corrected chi connectivity index (χ1v) is 16.1. The van der Waals surface area contributed by atoms with E-state index >= 15 is 0 Å². The molecule has 2 unspecified atom stereocenters. The summed E-state index contributed by atoms with van der Waals surface area (Å²) >= 11 is 0. The van der Waals surface area contributed by atoms with E-state index in [1.54, 1.807) is 53.2 Å². The number of aryl methyl sites for hydroxylation is 4. The molecule has 0 aliphatic carbocycles. The Labute approximate surface area is 274 Å². The first-order chi connectivity index (χ1) is 22.6. The SMILES string of the molecule is CCCc1nn(C)c2c(OC(CCCCc3ccc(C(=O)O)cc3)C(=O)Nc3ccc(OC(CCC)C(=O)O)cc3)nc(CC)nc12. The van der Waals surface area contributed by atoms with E-state index < -0.39 is 24.1 Å². The van der Waals surface area contributed by atoms with E-state index in [9.17, 15) is 19.5 Å². The molecule has 0 bridgehead atoms. The summed E-state index contributed by atoms with van der Waals surface area (Å²) < 4.78 is 13.7. The molecular weight excluding hydrogens is 602 g/mol. The van der Waals surface area contributed by atoms with Crippen molar-refractivity contribution in [1.82, 2.24) is 19.7 Å². The number of aromatic carboxylic acids is 1. The van der Waals surface area contributed by atoms with Gasteiger partial charge >= 0.3 is 11.9 Å². The fourth-order valence-corrected chi connectivity index (χ4v) is 5.25. The number of fused-ring (bicyclic) bond motifs is 1. The molecule has 12 nitrogen and oxygen atoms in total. The number of aliphatic carboxylic acids is 1. The van der Waals surface area contributed by atoms with Gasteiger partial charge in [0.1, 0.15) is 22.6 Å². The molecule has 0 aliphatic rings. The average molecular weight is 646 g/mol. The summed E-state index contributed by atoms with van der Waals surface area (Å²) in [6.07, 6.45) is 3.95. The van der Waals surface area contributed by atoms with Crippen molar-refractivity contribution in [3.8, 4) is 11.6 Å². The van der Waals surface area contributed by atoms with Crippen molar-refractivity contribution in [2.75, 3.05) is 5.32 Å². The molecule has 2 heterocycles. The predicted octanol–water partition coefficient (Wildman–Crippen LogP) is 6.01. The largest absolute Gasteiger partial charge is 0.479 e. The fourth-order valence-electron chi connectivity index (χ4n) is 5.25. The standard InChI is InChI=1S/C35H43N5O7/c1-5-10-26-30-31(40(4)39-26)33(38-29(7-3)37-30)47-27(13-9-8-12-22-14-16-23(17-15-22)34(42)43)32(41)36-24-18-20-25(21-19-24)46-28(11-6-2)35(44)45/h14-21,27-28H,5-13H2,1-4H3,(H,36,41)(H,42,43)(H,44,45). The lowest BCUT2D eigenvalue weighted by molar-refractivity contribution is -0.145. The molecule has 12 heteroatoms. The van der Waals surface area contributed by atoms with Gasteiger partial charge in [-0.3, -0.25) is 9.48 Å². The molecule has 250 valence electrons. The van der Waals surface area contributed by atoms with E-state index in [4.69, 9.17) is 19.6 Å². The molecule has 3 N–H and O–H groups in total. The topological polar surface area (TPSA) is 166 Å². The first-order valence-electron chi connectivity index (χ1n) is 16.1. The second kappa shape index (κ2) is 16.5. The number of rotatable bonds is 18. The van der Waals surface area contributed by atoms with Crippen molar-refractivity contribution < 1.29 is 34.1 Å². The number of nitrogens with one attached hydrogen (secondary N) is 1. The summed E-state index contributed by atoms with van der Waals surface area (Å²) in [5.41, 5.74) is 3.95. The number of carboxylic acid groups (broad SMARTS) is 2. The zero-order valence-corrected chi connectivity index (χ0v) is 27.4. The van der Waals surface area contributed by atoms with E-state index in [1.807, 2.05) is 20.9 Å². The van der Waals surface area contributed by atoms with Gasteiger partial charge in [-0.2, -0.15) is 10.1 Å². The number of anilines is 1. The zero-order chi connectivity index (χ0) is 33.9. The van der Waals surface area contributed by atoms with Gasteiger partial charge < -0.3 is 25.0 Å². The minimum Gasteiger partial charge on any atom is -0.479 e. The van der Waals surface area contributed by atoms with Crippen LogP contribution in [-0.4, -0.2) is 60.0 Å². The molecule has 0 radical (unpaired) electrons. The number of unbranched alkanes of at least 4 members (excludes halogenated alkanes) is 1. The Balaban J connectivity index is 1.54. The summed E-state index contributed by atoms with van der Waals surface area (Å²) in [5.74, 6) is -1.07. The molecule has 4 aromatic rings. The van der Waals surface area contributed by atoms with Gasteiger partial charge in [-0.05, 0) is 80.5 Å². The van der Waals surface area contributed by atoms with E-state index in [-0.39, 0.29) is 11.5 Å². The lowest BCUT2D eigenvalue weighted by Gasteiger charge is -2.20. The molecule has 0 spiro atoms. The highest BCUT2D eigenvalue weighted by Gasteiger charge is 2.26. The number of carbonyl (C=O) groups excluding carboxylic acids is 1. The number of hydrogen-bond acceptors (Lipinski definition) is 8. The Bertz CT molecular complexity index is 1670. The van der Waals surface area contributed by atoms with Gasteiger partial charge in [0.05, 0.1) is 11.3 Å². The minimum absolute atomic E-state index is 0.237. The van der Waals surface area contributed by atoms with Gasteiger partial charge in [0.2, 0.25) is 5.88 Å². The van der Waals surface area contributed by atoms with Crippen LogP contribution in [0.25, 0.3) is 11.0 Å². The summed E-state index contributed by atoms with van der Waals surface area (Å²) in [6, 6.07) is 13.4. The van der Waals surface area contributed by atoms with Crippen LogP contribution < -0.4 is 14.8 Å². The maximum atomic E-state index is 13.7. The number of hydrogen-bond donors (Lipinski definition) is 3. The number of ether oxygens (including phenoxy) is 2. The molecular formula is C35H43N5O7. The van der Waals surface area contributed by atoms with Crippen molar-refractivity contribution >= 4 is 34.6 Å². The number of carbonyl (C=O) groups is 3. The minimum atomic E-state index is -1.03. The molecule has 4 rings (SSSR count). The summed E-state index contributed by atoms with van der Waals surface area (Å²) in [5, 5.41) is 26.2. The Morgan fingerprint density at radius 2 is 1.57 bits per heavy atom. The van der Waals surface area contributed by atoms with Gasteiger partial charge in [0.15, 0.2) is 12.2 Å². The summed E-state index contributed by atoms with van der Waals surface area (Å²) in [6.45, 7) is 5.93. The summed E-state index contributed by atoms with van der Waals surface area (Å²) in [4.78, 5) is 45.8. The second-order valence-electron chi connectivity index (χ2n) is 11.4. The van der Waals surface area contributed by atoms with Gasteiger partial charge in [-0.1, -0.05) is 45.7 Å². The van der Waals surface area contributed by atoms with Gasteiger partial charge in [0, 0.05) is 19.2 Å². The smallest absolute Gasteiger partial charge is 0.344 e. The van der Waals surface area contributed by atoms with Crippen molar-refractivity contribution in [1.29, 1.82) is 0 Å². The van der Waals surface area contributed by atoms with Crippen LogP contribution in [0.2, 0.25) is 0 Å². The Kier molecular flexibility index (Phi) is 12.3. The van der Waals surface area contributed by atoms with Crippen molar-refractivity contribution in [2.24, 2.45) is 7.05 Å². The van der Waals surface area contributed by atoms with Crippen molar-refractivity contribution in [3.05, 3.63) is 71.2 Å². The van der Waals surface area contributed by atoms with Crippen LogP contribution in [0.15, 0.2) is 48.5 Å². The molecule has 0 saturated carbocycles. The predicted molar refractivity (Wildman–Crippen MR) is 177 cm³/mol. The highest BCUT2D eigenvalue weighted by Crippen LogP contribution is 2.28. The fraction of sp³-hybridized carbons (Fsp3) is 0.429. The number of aromatic nitrogens is 4. The molecule has 2 aromatic heterocycles. The third kappa shape index (κ3) is 9.27. The maximum Gasteiger partial charge on any atom is 0.344 e. The normalized spacial score (nSPS) is 12.4. The maximum absolute atomic E-state index is 13.7. The molecule has 1 amide bonds. The Morgan fingerprint density at radius 1 is 0.851 bits per heavy atom. The molecule has 0 aliphatic heterocycles. The first kappa shape index (κ1) is 34.9. The van der Waals surface area contributed by atoms with Crippen LogP contribution >= 0.6 is 0 Å². The summed E-state index contributed by atoms with van der Waals surface area (Å²) in [7, 11) is 1.81. The van der Waals surface area contributed by atoms with Crippen LogP contribution in [0.1, 0.15) is 86.7 Å². The van der Waals surface area contributed by atoms with E-state index in [0.717, 1.165) is 36.0 Å². The van der Waals surface area contributed by atoms with Crippen LogP contribution in [0.5, 0.6) is 11.6 Å². The van der Waals surface area contributed by atoms with Crippen LogP contribution in [-0.2, 0) is 35.9 Å². The monoisotopic (exact) mass is 645 g/mol. The molecule has 47 heavy (non-hydrogen) atoms. The van der Waals surface area contributed by atoms with Crippen molar-refractivity contribution in [3.63, 3.8) is 0 Å². The van der Waals surface area contributed by atoms with E-state index in [0.29, 0.717) is 67.2 Å². The van der Waals surface area contributed by atoms with Crippen molar-refractivity contribution in [2.45, 2.75) is 90.8 Å². The van der Waals surface area contributed by atoms with Gasteiger partial charge in [-0.25, -0.2) is 14.6 Å². The lowest BCUT2D eigenvalue weighted by atomic mass is 10.0. The van der Waals surface area contributed by atoms with Crippen LogP contribution in [0.4, 0.5) is 5.69 Å². The lowest BCUT2D eigenvalue weighted by Crippen LogP contribution is -2.33. The third-order valence-electron chi connectivity index (χ3n) is 7.72. The number of benzene rings is 2. The Morgan fingerprint density at radius 3 is 2.19 bits per heavy atom. The zero-order valence-electron chi connectivity index (χ0n) is 27.4. The number of amides is 1. The van der Waals surface area contributed by atoms with Crippen LogP contribution in [0, 0.1) is 0 Å². The van der Waals surface area contributed by atoms with E-state index in [1.165, 1.54) is 0 Å². The number of nitrogens with zero attached hydrogens (tertiary/aromatic N) is 4. The highest BCUT2D eigenvalue weighted by atomic mass is 16.5. The van der Waals surface area contributed by atoms with E-state index in [2.05, 4.69) is 22.3 Å². The third-order valence-corrected chi connectivity index (χ3v) is 7.72. The molecule has 2 atom stereocenters. The van der Waals surface area contributed by atoms with Crippen LogP contribution in [0.3, 0.4) is 0 Å². The average Bonchev–Trinajstić information content (AvgIpc) is 3.37. The molecule has 0 fully saturated rings. The van der Waals surface area contributed by atoms with Gasteiger partial charge in [-0.15, -0.1) is 0 Å². The quantitative estimate of drug-likeness (QED) is 0.109. The van der Waals surface area contributed by atoms with Gasteiger partial charge in [0.25, 0.3) is 5.91 Å². The molecule has 0 saturated heterocycles. The number of carboxylic acids is 2. The second-order valence-corrected chi connectivity index (χ2v) is 11.4.